The zero-order valence-corrected chi connectivity index (χ0v) is 10.6. The summed E-state index contributed by atoms with van der Waals surface area (Å²) in [7, 11) is 0. The van der Waals surface area contributed by atoms with Crippen LogP contribution in [0.3, 0.4) is 0 Å². The molecule has 2 rings (SSSR count). The van der Waals surface area contributed by atoms with Crippen molar-refractivity contribution in [3.05, 3.63) is 41.5 Å². The van der Waals surface area contributed by atoms with E-state index in [0.717, 1.165) is 0 Å². The van der Waals surface area contributed by atoms with Gasteiger partial charge in [-0.3, -0.25) is 4.79 Å². The normalized spacial score (nSPS) is 10.4. The van der Waals surface area contributed by atoms with Crippen LogP contribution in [0.2, 0.25) is 0 Å². The van der Waals surface area contributed by atoms with Gasteiger partial charge in [0.15, 0.2) is 5.82 Å². The molecule has 0 radical (unpaired) electrons. The fourth-order valence-electron chi connectivity index (χ4n) is 1.65. The van der Waals surface area contributed by atoms with Crippen LogP contribution in [-0.4, -0.2) is 21.2 Å². The van der Waals surface area contributed by atoms with E-state index >= 15 is 0 Å². The third kappa shape index (κ3) is 3.62. The van der Waals surface area contributed by atoms with Crippen molar-refractivity contribution < 1.29 is 14.4 Å². The van der Waals surface area contributed by atoms with Crippen LogP contribution >= 0.6 is 0 Å². The minimum Gasteiger partial charge on any atom is -0.392 e. The smallest absolute Gasteiger partial charge is 0.227 e. The van der Waals surface area contributed by atoms with Crippen LogP contribution < -0.4 is 5.32 Å². The molecule has 0 bridgehead atoms. The summed E-state index contributed by atoms with van der Waals surface area (Å²) in [6, 6.07) is 7.12. The molecule has 2 N–H and O–H groups in total. The quantitative estimate of drug-likeness (QED) is 0.850. The van der Waals surface area contributed by atoms with Gasteiger partial charge in [0.25, 0.3) is 0 Å². The van der Waals surface area contributed by atoms with Crippen LogP contribution in [0.5, 0.6) is 0 Å². The number of hydrogen-bond acceptors (Lipinski definition) is 5. The van der Waals surface area contributed by atoms with Gasteiger partial charge in [-0.2, -0.15) is 4.98 Å². The van der Waals surface area contributed by atoms with Gasteiger partial charge < -0.3 is 14.9 Å². The molecule has 0 saturated carbocycles. The van der Waals surface area contributed by atoms with E-state index in [1.165, 1.54) is 0 Å². The number of anilines is 1. The molecule has 0 aliphatic rings. The summed E-state index contributed by atoms with van der Waals surface area (Å²) in [5.41, 5.74) is 1.31. The maximum absolute atomic E-state index is 11.8. The number of aliphatic hydroxyl groups is 1. The topological polar surface area (TPSA) is 88.2 Å². The number of carbonyl (C=O) groups excluding carboxylic acids is 1. The summed E-state index contributed by atoms with van der Waals surface area (Å²) in [5, 5.41) is 15.6. The molecule has 0 fully saturated rings. The molecule has 1 aromatic heterocycles. The van der Waals surface area contributed by atoms with E-state index in [0.29, 0.717) is 29.4 Å². The zero-order chi connectivity index (χ0) is 13.7. The van der Waals surface area contributed by atoms with E-state index in [-0.39, 0.29) is 18.9 Å². The van der Waals surface area contributed by atoms with Gasteiger partial charge in [0.2, 0.25) is 11.8 Å². The van der Waals surface area contributed by atoms with Gasteiger partial charge in [-0.1, -0.05) is 23.4 Å². The Morgan fingerprint density at radius 1 is 1.42 bits per heavy atom. The molecule has 0 aliphatic heterocycles. The molecule has 19 heavy (non-hydrogen) atoms. The van der Waals surface area contributed by atoms with Gasteiger partial charge >= 0.3 is 0 Å². The summed E-state index contributed by atoms with van der Waals surface area (Å²) >= 11 is 0. The average molecular weight is 261 g/mol. The molecule has 2 aromatic rings. The number of aliphatic hydroxyl groups excluding tert-OH is 1. The van der Waals surface area contributed by atoms with Crippen molar-refractivity contribution >= 4 is 11.6 Å². The van der Waals surface area contributed by atoms with Crippen molar-refractivity contribution in [2.75, 3.05) is 5.32 Å². The molecular weight excluding hydrogens is 246 g/mol. The minimum absolute atomic E-state index is 0.112. The fourth-order valence-corrected chi connectivity index (χ4v) is 1.65. The van der Waals surface area contributed by atoms with Gasteiger partial charge in [0.1, 0.15) is 0 Å². The Kier molecular flexibility index (Phi) is 4.25. The molecule has 0 spiro atoms. The predicted octanol–water partition coefficient (Wildman–Crippen LogP) is 1.44. The van der Waals surface area contributed by atoms with E-state index in [4.69, 9.17) is 9.63 Å². The Morgan fingerprint density at radius 2 is 2.21 bits per heavy atom. The van der Waals surface area contributed by atoms with Crippen molar-refractivity contribution in [2.45, 2.75) is 26.4 Å². The standard InChI is InChI=1S/C13H15N3O3/c1-9-14-13(19-16-9)7-6-12(18)15-11-5-3-2-4-10(11)8-17/h2-5,17H,6-8H2,1H3,(H,15,18). The van der Waals surface area contributed by atoms with Crippen molar-refractivity contribution in [3.8, 4) is 0 Å². The van der Waals surface area contributed by atoms with Gasteiger partial charge in [-0.25, -0.2) is 0 Å². The van der Waals surface area contributed by atoms with Crippen molar-refractivity contribution in [1.82, 2.24) is 10.1 Å². The summed E-state index contributed by atoms with van der Waals surface area (Å²) in [6.07, 6.45) is 0.648. The van der Waals surface area contributed by atoms with E-state index in [1.807, 2.05) is 6.07 Å². The number of amides is 1. The third-order valence-electron chi connectivity index (χ3n) is 2.60. The van der Waals surface area contributed by atoms with E-state index < -0.39 is 0 Å². The second-order valence-corrected chi connectivity index (χ2v) is 4.10. The van der Waals surface area contributed by atoms with Crippen LogP contribution in [0.15, 0.2) is 28.8 Å². The van der Waals surface area contributed by atoms with Crippen LogP contribution in [0.1, 0.15) is 23.7 Å². The maximum atomic E-state index is 11.8. The number of aryl methyl sites for hydroxylation is 2. The van der Waals surface area contributed by atoms with Crippen LogP contribution in [0, 0.1) is 6.92 Å². The lowest BCUT2D eigenvalue weighted by Crippen LogP contribution is -2.13. The molecule has 1 amide bonds. The zero-order valence-electron chi connectivity index (χ0n) is 10.6. The summed E-state index contributed by atoms with van der Waals surface area (Å²) in [5.74, 6) is 0.848. The SMILES string of the molecule is Cc1noc(CCC(=O)Nc2ccccc2CO)n1. The molecule has 100 valence electrons. The fraction of sp³-hybridized carbons (Fsp3) is 0.308. The lowest BCUT2D eigenvalue weighted by atomic mass is 10.2. The molecule has 0 unspecified atom stereocenters. The Morgan fingerprint density at radius 3 is 2.89 bits per heavy atom. The van der Waals surface area contributed by atoms with Crippen molar-refractivity contribution in [1.29, 1.82) is 0 Å². The number of nitrogens with one attached hydrogen (secondary N) is 1. The first-order chi connectivity index (χ1) is 9.19. The summed E-state index contributed by atoms with van der Waals surface area (Å²) in [4.78, 5) is 15.8. The molecule has 0 atom stereocenters. The number of hydrogen-bond donors (Lipinski definition) is 2. The van der Waals surface area contributed by atoms with E-state index in [2.05, 4.69) is 15.5 Å². The van der Waals surface area contributed by atoms with Gasteiger partial charge in [-0.15, -0.1) is 0 Å². The largest absolute Gasteiger partial charge is 0.392 e. The molecule has 1 aromatic carbocycles. The molecule has 1 heterocycles. The highest BCUT2D eigenvalue weighted by Gasteiger charge is 2.09. The van der Waals surface area contributed by atoms with Gasteiger partial charge in [0, 0.05) is 24.1 Å². The number of para-hydroxylation sites is 1. The van der Waals surface area contributed by atoms with Crippen molar-refractivity contribution in [2.24, 2.45) is 0 Å². The molecular formula is C13H15N3O3. The van der Waals surface area contributed by atoms with Crippen molar-refractivity contribution in [3.63, 3.8) is 0 Å². The number of aromatic nitrogens is 2. The summed E-state index contributed by atoms with van der Waals surface area (Å²) in [6.45, 7) is 1.61. The highest BCUT2D eigenvalue weighted by molar-refractivity contribution is 5.91. The number of nitrogens with zero attached hydrogens (tertiary/aromatic N) is 2. The Labute approximate surface area is 110 Å². The minimum atomic E-state index is -0.156. The first-order valence-electron chi connectivity index (χ1n) is 5.97. The highest BCUT2D eigenvalue weighted by Crippen LogP contribution is 2.15. The molecule has 6 nitrogen and oxygen atoms in total. The second kappa shape index (κ2) is 6.10. The number of rotatable bonds is 5. The monoisotopic (exact) mass is 261 g/mol. The van der Waals surface area contributed by atoms with E-state index in [9.17, 15) is 4.79 Å². The predicted molar refractivity (Wildman–Crippen MR) is 68.4 cm³/mol. The lowest BCUT2D eigenvalue weighted by Gasteiger charge is -2.08. The Hall–Kier alpha value is -2.21. The average Bonchev–Trinajstić information content (AvgIpc) is 2.83. The molecule has 0 aliphatic carbocycles. The highest BCUT2D eigenvalue weighted by atomic mass is 16.5. The lowest BCUT2D eigenvalue weighted by molar-refractivity contribution is -0.116. The van der Waals surface area contributed by atoms with E-state index in [1.54, 1.807) is 25.1 Å². The van der Waals surface area contributed by atoms with Gasteiger partial charge in [0.05, 0.1) is 6.61 Å². The second-order valence-electron chi connectivity index (χ2n) is 4.10. The number of carbonyl (C=O) groups is 1. The first kappa shape index (κ1) is 13.2. The Bertz CT molecular complexity index is 566. The number of benzene rings is 1. The maximum Gasteiger partial charge on any atom is 0.227 e. The third-order valence-corrected chi connectivity index (χ3v) is 2.60. The van der Waals surface area contributed by atoms with Crippen LogP contribution in [0.4, 0.5) is 5.69 Å². The summed E-state index contributed by atoms with van der Waals surface area (Å²) < 4.78 is 4.93. The molecule has 0 saturated heterocycles. The molecule has 6 heteroatoms. The Balaban J connectivity index is 1.90. The van der Waals surface area contributed by atoms with Crippen LogP contribution in [-0.2, 0) is 17.8 Å². The van der Waals surface area contributed by atoms with Gasteiger partial charge in [-0.05, 0) is 13.0 Å². The van der Waals surface area contributed by atoms with Crippen LogP contribution in [0.25, 0.3) is 0 Å². The first-order valence-corrected chi connectivity index (χ1v) is 5.97.